The van der Waals surface area contributed by atoms with Crippen molar-refractivity contribution in [3.63, 3.8) is 0 Å². The Balaban J connectivity index is 2.76. The second kappa shape index (κ2) is 5.65. The molecular weight excluding hydrogens is 296 g/mol. The van der Waals surface area contributed by atoms with E-state index in [-0.39, 0.29) is 5.69 Å². The average molecular weight is 311 g/mol. The molecule has 1 heterocycles. The SMILES string of the molecule is COc1cc(C)c(OC)c(Cl)c1-c1cc(C(=O)O)nn1C. The molecule has 6 nitrogen and oxygen atoms in total. The van der Waals surface area contributed by atoms with Gasteiger partial charge in [-0.1, -0.05) is 11.6 Å². The van der Waals surface area contributed by atoms with Crippen LogP contribution in [0.25, 0.3) is 11.3 Å². The minimum atomic E-state index is -1.11. The highest BCUT2D eigenvalue weighted by molar-refractivity contribution is 6.35. The highest BCUT2D eigenvalue weighted by Crippen LogP contribution is 2.44. The van der Waals surface area contributed by atoms with Gasteiger partial charge in [-0.25, -0.2) is 4.79 Å². The van der Waals surface area contributed by atoms with E-state index < -0.39 is 5.97 Å². The number of ether oxygens (including phenoxy) is 2. The quantitative estimate of drug-likeness (QED) is 0.940. The second-order valence-corrected chi connectivity index (χ2v) is 4.84. The minimum Gasteiger partial charge on any atom is -0.496 e. The molecule has 0 saturated heterocycles. The molecule has 0 saturated carbocycles. The monoisotopic (exact) mass is 310 g/mol. The summed E-state index contributed by atoms with van der Waals surface area (Å²) in [5, 5.41) is 13.3. The number of carboxylic acids is 1. The first-order valence-corrected chi connectivity index (χ1v) is 6.47. The number of carboxylic acid groups (broad SMARTS) is 1. The lowest BCUT2D eigenvalue weighted by Crippen LogP contribution is -2.01. The Bertz CT molecular complexity index is 709. The summed E-state index contributed by atoms with van der Waals surface area (Å²) in [4.78, 5) is 11.0. The highest BCUT2D eigenvalue weighted by atomic mass is 35.5. The maximum Gasteiger partial charge on any atom is 0.356 e. The molecule has 2 aromatic rings. The van der Waals surface area contributed by atoms with Gasteiger partial charge in [0.1, 0.15) is 11.5 Å². The fourth-order valence-corrected chi connectivity index (χ4v) is 2.60. The van der Waals surface area contributed by atoms with Crippen LogP contribution in [0.2, 0.25) is 5.02 Å². The molecule has 0 aliphatic rings. The summed E-state index contributed by atoms with van der Waals surface area (Å²) in [6.45, 7) is 1.85. The molecule has 0 atom stereocenters. The lowest BCUT2D eigenvalue weighted by molar-refractivity contribution is 0.0689. The lowest BCUT2D eigenvalue weighted by Gasteiger charge is -2.15. The number of nitrogens with zero attached hydrogens (tertiary/aromatic N) is 2. The summed E-state index contributed by atoms with van der Waals surface area (Å²) in [5.41, 5.74) is 1.84. The molecule has 7 heteroatoms. The van der Waals surface area contributed by atoms with Crippen LogP contribution in [-0.4, -0.2) is 35.1 Å². The van der Waals surface area contributed by atoms with E-state index in [2.05, 4.69) is 5.10 Å². The standard InChI is InChI=1S/C14H15ClN2O4/c1-7-5-10(20-3)11(12(15)13(7)21-4)9-6-8(14(18)19)16-17(9)2/h5-6H,1-4H3,(H,18,19). The van der Waals surface area contributed by atoms with Gasteiger partial charge in [0.25, 0.3) is 0 Å². The van der Waals surface area contributed by atoms with Crippen molar-refractivity contribution in [2.45, 2.75) is 6.92 Å². The number of halogens is 1. The Morgan fingerprint density at radius 2 is 2.00 bits per heavy atom. The van der Waals surface area contributed by atoms with E-state index in [0.29, 0.717) is 27.8 Å². The van der Waals surface area contributed by atoms with E-state index in [0.717, 1.165) is 5.56 Å². The largest absolute Gasteiger partial charge is 0.496 e. The van der Waals surface area contributed by atoms with E-state index in [4.69, 9.17) is 26.2 Å². The third-order valence-corrected chi connectivity index (χ3v) is 3.51. The topological polar surface area (TPSA) is 73.6 Å². The maximum atomic E-state index is 11.0. The van der Waals surface area contributed by atoms with Crippen molar-refractivity contribution in [1.82, 2.24) is 9.78 Å². The molecule has 1 aromatic heterocycles. The maximum absolute atomic E-state index is 11.0. The van der Waals surface area contributed by atoms with Gasteiger partial charge in [-0.05, 0) is 24.6 Å². The van der Waals surface area contributed by atoms with Crippen LogP contribution in [0.3, 0.4) is 0 Å². The smallest absolute Gasteiger partial charge is 0.356 e. The zero-order chi connectivity index (χ0) is 15.7. The van der Waals surface area contributed by atoms with Gasteiger partial charge in [0.05, 0.1) is 30.5 Å². The zero-order valence-corrected chi connectivity index (χ0v) is 12.9. The van der Waals surface area contributed by atoms with Gasteiger partial charge in [-0.3, -0.25) is 4.68 Å². The number of carbonyl (C=O) groups is 1. The number of rotatable bonds is 4. The summed E-state index contributed by atoms with van der Waals surface area (Å²) in [6.07, 6.45) is 0. The number of aryl methyl sites for hydroxylation is 2. The van der Waals surface area contributed by atoms with Gasteiger partial charge in [0.15, 0.2) is 5.69 Å². The predicted molar refractivity (Wildman–Crippen MR) is 78.5 cm³/mol. The van der Waals surface area contributed by atoms with Gasteiger partial charge in [-0.15, -0.1) is 0 Å². The van der Waals surface area contributed by atoms with Crippen LogP contribution in [0.4, 0.5) is 0 Å². The molecule has 0 aliphatic carbocycles. The first kappa shape index (κ1) is 15.2. The third-order valence-electron chi connectivity index (χ3n) is 3.15. The van der Waals surface area contributed by atoms with Crippen molar-refractivity contribution in [2.24, 2.45) is 7.05 Å². The third kappa shape index (κ3) is 2.54. The Morgan fingerprint density at radius 3 is 2.48 bits per heavy atom. The number of aromatic nitrogens is 2. The second-order valence-electron chi connectivity index (χ2n) is 4.46. The predicted octanol–water partition coefficient (Wildman–Crippen LogP) is 2.76. The molecule has 0 spiro atoms. The van der Waals surface area contributed by atoms with Crippen LogP contribution in [0, 0.1) is 6.92 Å². The van der Waals surface area contributed by atoms with Gasteiger partial charge >= 0.3 is 5.97 Å². The van der Waals surface area contributed by atoms with E-state index in [1.165, 1.54) is 25.0 Å². The number of benzene rings is 1. The van der Waals surface area contributed by atoms with Crippen molar-refractivity contribution < 1.29 is 19.4 Å². The van der Waals surface area contributed by atoms with Crippen molar-refractivity contribution in [1.29, 1.82) is 0 Å². The van der Waals surface area contributed by atoms with Crippen LogP contribution in [0.15, 0.2) is 12.1 Å². The first-order valence-electron chi connectivity index (χ1n) is 6.09. The zero-order valence-electron chi connectivity index (χ0n) is 12.1. The number of hydrogen-bond donors (Lipinski definition) is 1. The molecule has 0 unspecified atom stereocenters. The fraction of sp³-hybridized carbons (Fsp3) is 0.286. The Labute approximate surface area is 126 Å². The summed E-state index contributed by atoms with van der Waals surface area (Å²) in [7, 11) is 4.69. The molecule has 1 aromatic carbocycles. The summed E-state index contributed by atoms with van der Waals surface area (Å²) >= 11 is 6.40. The summed E-state index contributed by atoms with van der Waals surface area (Å²) < 4.78 is 12.1. The Kier molecular flexibility index (Phi) is 4.09. The van der Waals surface area contributed by atoms with Crippen LogP contribution < -0.4 is 9.47 Å². The molecular formula is C14H15ClN2O4. The van der Waals surface area contributed by atoms with Gasteiger partial charge in [0.2, 0.25) is 0 Å². The van der Waals surface area contributed by atoms with Gasteiger partial charge in [0, 0.05) is 7.05 Å². The van der Waals surface area contributed by atoms with Crippen LogP contribution in [0.5, 0.6) is 11.5 Å². The van der Waals surface area contributed by atoms with Gasteiger partial charge < -0.3 is 14.6 Å². The van der Waals surface area contributed by atoms with Crippen LogP contribution >= 0.6 is 11.6 Å². The van der Waals surface area contributed by atoms with Crippen molar-refractivity contribution in [2.75, 3.05) is 14.2 Å². The number of hydrogen-bond acceptors (Lipinski definition) is 4. The average Bonchev–Trinajstić information content (AvgIpc) is 2.80. The van der Waals surface area contributed by atoms with Crippen molar-refractivity contribution >= 4 is 17.6 Å². The van der Waals surface area contributed by atoms with Crippen LogP contribution in [-0.2, 0) is 7.05 Å². The molecule has 1 N–H and O–H groups in total. The molecule has 0 bridgehead atoms. The van der Waals surface area contributed by atoms with E-state index in [1.54, 1.807) is 13.1 Å². The Hall–Kier alpha value is -2.21. The molecule has 0 aliphatic heterocycles. The molecule has 2 rings (SSSR count). The lowest BCUT2D eigenvalue weighted by atomic mass is 10.1. The first-order chi connectivity index (χ1) is 9.90. The number of methoxy groups -OCH3 is 2. The summed E-state index contributed by atoms with van der Waals surface area (Å²) in [5.74, 6) is -0.0604. The molecule has 21 heavy (non-hydrogen) atoms. The molecule has 0 amide bonds. The molecule has 0 radical (unpaired) electrons. The minimum absolute atomic E-state index is 0.0647. The van der Waals surface area contributed by atoms with E-state index in [9.17, 15) is 4.79 Å². The van der Waals surface area contributed by atoms with E-state index in [1.807, 2.05) is 6.92 Å². The van der Waals surface area contributed by atoms with Crippen LogP contribution in [0.1, 0.15) is 16.1 Å². The molecule has 0 fully saturated rings. The number of aromatic carboxylic acids is 1. The van der Waals surface area contributed by atoms with Gasteiger partial charge in [-0.2, -0.15) is 5.10 Å². The Morgan fingerprint density at radius 1 is 1.33 bits per heavy atom. The normalized spacial score (nSPS) is 10.5. The van der Waals surface area contributed by atoms with Crippen molar-refractivity contribution in [3.05, 3.63) is 28.4 Å². The highest BCUT2D eigenvalue weighted by Gasteiger charge is 2.22. The van der Waals surface area contributed by atoms with Crippen molar-refractivity contribution in [3.8, 4) is 22.8 Å². The summed E-state index contributed by atoms with van der Waals surface area (Å²) in [6, 6.07) is 3.23. The fourth-order valence-electron chi connectivity index (χ4n) is 2.19. The molecule has 112 valence electrons. The van der Waals surface area contributed by atoms with E-state index >= 15 is 0 Å².